The van der Waals surface area contributed by atoms with Crippen molar-refractivity contribution < 1.29 is 9.53 Å². The van der Waals surface area contributed by atoms with Gasteiger partial charge in [0.1, 0.15) is 5.75 Å². The molecule has 4 rings (SSSR count). The van der Waals surface area contributed by atoms with Crippen molar-refractivity contribution in [2.24, 2.45) is 0 Å². The van der Waals surface area contributed by atoms with E-state index in [1.807, 2.05) is 95.9 Å². The third kappa shape index (κ3) is 5.06. The van der Waals surface area contributed by atoms with Crippen molar-refractivity contribution in [3.63, 3.8) is 0 Å². The van der Waals surface area contributed by atoms with Crippen LogP contribution in [0.4, 0.5) is 11.4 Å². The monoisotopic (exact) mass is 421 g/mol. The van der Waals surface area contributed by atoms with Crippen LogP contribution in [-0.4, -0.2) is 13.0 Å². The number of carbonyl (C=O) groups excluding carboxylic acids is 1. The van der Waals surface area contributed by atoms with Crippen LogP contribution in [0, 0.1) is 0 Å². The first-order chi connectivity index (χ1) is 15.8. The van der Waals surface area contributed by atoms with E-state index in [4.69, 9.17) is 4.74 Å². The van der Waals surface area contributed by atoms with E-state index in [0.717, 1.165) is 17.1 Å². The lowest BCUT2D eigenvalue weighted by molar-refractivity contribution is -0.118. The maximum absolute atomic E-state index is 13.5. The average Bonchev–Trinajstić information content (AvgIpc) is 2.87. The standard InChI is InChI=1S/C29H27NO2/c1-32-27-19-17-24(18-20-27)28(23-11-5-2-6-12-23)21-22-29(31)30(25-13-7-3-8-14-25)26-15-9-4-10-16-26/h2-20,28H,21-22H2,1H3. The van der Waals surface area contributed by atoms with Gasteiger partial charge in [-0.05, 0) is 53.9 Å². The van der Waals surface area contributed by atoms with E-state index in [0.29, 0.717) is 12.8 Å². The summed E-state index contributed by atoms with van der Waals surface area (Å²) in [5, 5.41) is 0. The minimum Gasteiger partial charge on any atom is -0.497 e. The molecule has 0 N–H and O–H groups in total. The predicted octanol–water partition coefficient (Wildman–Crippen LogP) is 6.97. The molecule has 0 saturated heterocycles. The van der Waals surface area contributed by atoms with Gasteiger partial charge < -0.3 is 4.74 Å². The Kier molecular flexibility index (Phi) is 6.98. The maximum atomic E-state index is 13.5. The van der Waals surface area contributed by atoms with Crippen LogP contribution in [0.25, 0.3) is 0 Å². The fraction of sp³-hybridized carbons (Fsp3) is 0.138. The summed E-state index contributed by atoms with van der Waals surface area (Å²) in [7, 11) is 1.67. The van der Waals surface area contributed by atoms with E-state index >= 15 is 0 Å². The fourth-order valence-electron chi connectivity index (χ4n) is 4.02. The van der Waals surface area contributed by atoms with Gasteiger partial charge in [-0.25, -0.2) is 0 Å². The van der Waals surface area contributed by atoms with Gasteiger partial charge in [0, 0.05) is 23.7 Å². The second-order valence-corrected chi connectivity index (χ2v) is 7.68. The highest BCUT2D eigenvalue weighted by Gasteiger charge is 2.21. The zero-order valence-corrected chi connectivity index (χ0v) is 18.2. The lowest BCUT2D eigenvalue weighted by Gasteiger charge is -2.25. The summed E-state index contributed by atoms with van der Waals surface area (Å²) < 4.78 is 5.32. The summed E-state index contributed by atoms with van der Waals surface area (Å²) in [4.78, 5) is 15.3. The molecule has 0 heterocycles. The largest absolute Gasteiger partial charge is 0.497 e. The number of methoxy groups -OCH3 is 1. The first-order valence-corrected chi connectivity index (χ1v) is 10.9. The zero-order valence-electron chi connectivity index (χ0n) is 18.2. The molecule has 1 atom stereocenters. The van der Waals surface area contributed by atoms with Gasteiger partial charge in [-0.1, -0.05) is 78.9 Å². The van der Waals surface area contributed by atoms with Crippen molar-refractivity contribution in [1.82, 2.24) is 0 Å². The number of hydrogen-bond donors (Lipinski definition) is 0. The van der Waals surface area contributed by atoms with Crippen molar-refractivity contribution >= 4 is 17.3 Å². The van der Waals surface area contributed by atoms with Crippen molar-refractivity contribution in [1.29, 1.82) is 0 Å². The minimum absolute atomic E-state index is 0.0804. The van der Waals surface area contributed by atoms with Crippen molar-refractivity contribution in [3.05, 3.63) is 126 Å². The van der Waals surface area contributed by atoms with E-state index in [2.05, 4.69) is 24.3 Å². The Hall–Kier alpha value is -3.85. The minimum atomic E-state index is 0.0804. The summed E-state index contributed by atoms with van der Waals surface area (Å²) >= 11 is 0. The molecule has 0 radical (unpaired) electrons. The van der Waals surface area contributed by atoms with Crippen LogP contribution in [0.1, 0.15) is 29.9 Å². The lowest BCUT2D eigenvalue weighted by Crippen LogP contribution is -2.26. The molecule has 0 aliphatic carbocycles. The lowest BCUT2D eigenvalue weighted by atomic mass is 9.87. The second kappa shape index (κ2) is 10.5. The molecule has 0 aliphatic rings. The summed E-state index contributed by atoms with van der Waals surface area (Å²) in [6, 6.07) is 38.2. The van der Waals surface area contributed by atoms with Crippen molar-refractivity contribution in [2.45, 2.75) is 18.8 Å². The van der Waals surface area contributed by atoms with Gasteiger partial charge >= 0.3 is 0 Å². The van der Waals surface area contributed by atoms with Crippen LogP contribution in [-0.2, 0) is 4.79 Å². The number of benzene rings is 4. The molecule has 0 aliphatic heterocycles. The highest BCUT2D eigenvalue weighted by atomic mass is 16.5. The molecule has 1 amide bonds. The molecule has 0 aromatic heterocycles. The van der Waals surface area contributed by atoms with Gasteiger partial charge in [-0.3, -0.25) is 9.69 Å². The quantitative estimate of drug-likeness (QED) is 0.307. The van der Waals surface area contributed by atoms with E-state index < -0.39 is 0 Å². The van der Waals surface area contributed by atoms with Crippen LogP contribution in [0.3, 0.4) is 0 Å². The second-order valence-electron chi connectivity index (χ2n) is 7.68. The molecule has 0 saturated carbocycles. The molecule has 0 bridgehead atoms. The number of carbonyl (C=O) groups is 1. The third-order valence-corrected chi connectivity index (χ3v) is 5.65. The number of ether oxygens (including phenoxy) is 1. The number of hydrogen-bond acceptors (Lipinski definition) is 2. The molecule has 1 unspecified atom stereocenters. The molecule has 3 nitrogen and oxygen atoms in total. The van der Waals surface area contributed by atoms with E-state index in [1.165, 1.54) is 11.1 Å². The van der Waals surface area contributed by atoms with Crippen LogP contribution < -0.4 is 9.64 Å². The maximum Gasteiger partial charge on any atom is 0.231 e. The first-order valence-electron chi connectivity index (χ1n) is 10.9. The van der Waals surface area contributed by atoms with Crippen molar-refractivity contribution in [3.8, 4) is 5.75 Å². The Bertz CT molecular complexity index is 1070. The normalized spacial score (nSPS) is 11.5. The molecule has 4 aromatic carbocycles. The Morgan fingerprint density at radius 1 is 0.688 bits per heavy atom. The predicted molar refractivity (Wildman–Crippen MR) is 131 cm³/mol. The number of para-hydroxylation sites is 2. The van der Waals surface area contributed by atoms with Gasteiger partial charge in [-0.15, -0.1) is 0 Å². The molecule has 160 valence electrons. The van der Waals surface area contributed by atoms with E-state index in [1.54, 1.807) is 7.11 Å². The number of amides is 1. The Morgan fingerprint density at radius 2 is 1.16 bits per heavy atom. The molecule has 4 aromatic rings. The number of anilines is 2. The van der Waals surface area contributed by atoms with E-state index in [9.17, 15) is 4.79 Å². The number of nitrogens with zero attached hydrogens (tertiary/aromatic N) is 1. The summed E-state index contributed by atoms with van der Waals surface area (Å²) in [5.41, 5.74) is 4.14. The fourth-order valence-corrected chi connectivity index (χ4v) is 4.02. The zero-order chi connectivity index (χ0) is 22.2. The molecular formula is C29H27NO2. The van der Waals surface area contributed by atoms with Gasteiger partial charge in [-0.2, -0.15) is 0 Å². The molecule has 0 spiro atoms. The topological polar surface area (TPSA) is 29.5 Å². The average molecular weight is 422 g/mol. The Morgan fingerprint density at radius 3 is 1.66 bits per heavy atom. The smallest absolute Gasteiger partial charge is 0.231 e. The molecule has 0 fully saturated rings. The van der Waals surface area contributed by atoms with Gasteiger partial charge in [0.2, 0.25) is 5.91 Å². The SMILES string of the molecule is COc1ccc(C(CCC(=O)N(c2ccccc2)c2ccccc2)c2ccccc2)cc1. The molecular weight excluding hydrogens is 394 g/mol. The van der Waals surface area contributed by atoms with Crippen LogP contribution >= 0.6 is 0 Å². The third-order valence-electron chi connectivity index (χ3n) is 5.65. The first kappa shape index (κ1) is 21.4. The summed E-state index contributed by atoms with van der Waals surface area (Å²) in [6.45, 7) is 0. The van der Waals surface area contributed by atoms with Gasteiger partial charge in [0.05, 0.1) is 7.11 Å². The highest BCUT2D eigenvalue weighted by Crippen LogP contribution is 2.32. The summed E-state index contributed by atoms with van der Waals surface area (Å²) in [5.74, 6) is 1.03. The Balaban J connectivity index is 1.60. The molecule has 32 heavy (non-hydrogen) atoms. The molecule has 3 heteroatoms. The van der Waals surface area contributed by atoms with Gasteiger partial charge in [0.15, 0.2) is 0 Å². The number of rotatable bonds is 8. The van der Waals surface area contributed by atoms with Crippen LogP contribution in [0.5, 0.6) is 5.75 Å². The Labute approximate surface area is 189 Å². The van der Waals surface area contributed by atoms with Crippen molar-refractivity contribution in [2.75, 3.05) is 12.0 Å². The van der Waals surface area contributed by atoms with Crippen LogP contribution in [0.15, 0.2) is 115 Å². The van der Waals surface area contributed by atoms with E-state index in [-0.39, 0.29) is 11.8 Å². The van der Waals surface area contributed by atoms with Crippen LogP contribution in [0.2, 0.25) is 0 Å². The van der Waals surface area contributed by atoms with Gasteiger partial charge in [0.25, 0.3) is 0 Å². The highest BCUT2D eigenvalue weighted by molar-refractivity contribution is 6.00. The summed E-state index contributed by atoms with van der Waals surface area (Å²) in [6.07, 6.45) is 1.14.